The van der Waals surface area contributed by atoms with Gasteiger partial charge in [0.25, 0.3) is 0 Å². The molecule has 1 atom stereocenters. The van der Waals surface area contributed by atoms with E-state index in [0.717, 1.165) is 18.7 Å². The zero-order valence-electron chi connectivity index (χ0n) is 11.3. The Balaban J connectivity index is 2.43. The first kappa shape index (κ1) is 14.4. The second kappa shape index (κ2) is 5.96. The number of H-pyrrole nitrogens is 1. The predicted molar refractivity (Wildman–Crippen MR) is 71.5 cm³/mol. The van der Waals surface area contributed by atoms with Gasteiger partial charge in [-0.15, -0.1) is 0 Å². The quantitative estimate of drug-likeness (QED) is 0.877. The average molecular weight is 282 g/mol. The third-order valence-electron chi connectivity index (χ3n) is 2.95. The fourth-order valence-electron chi connectivity index (χ4n) is 1.96. The summed E-state index contributed by atoms with van der Waals surface area (Å²) in [6.07, 6.45) is 0. The minimum absolute atomic E-state index is 0.0908. The summed E-state index contributed by atoms with van der Waals surface area (Å²) < 4.78 is 28.3. The molecular formula is C13H16F2N4O. The van der Waals surface area contributed by atoms with Gasteiger partial charge in [-0.3, -0.25) is 4.68 Å². The molecular weight excluding hydrogens is 266 g/mol. The Kier molecular flexibility index (Phi) is 4.29. The minimum Gasteiger partial charge on any atom is -0.315 e. The van der Waals surface area contributed by atoms with Crippen molar-refractivity contribution in [1.29, 1.82) is 0 Å². The van der Waals surface area contributed by atoms with Crippen molar-refractivity contribution in [3.63, 3.8) is 0 Å². The van der Waals surface area contributed by atoms with Gasteiger partial charge in [0.15, 0.2) is 5.82 Å². The van der Waals surface area contributed by atoms with Crippen LogP contribution in [0.5, 0.6) is 0 Å². The van der Waals surface area contributed by atoms with E-state index in [-0.39, 0.29) is 17.4 Å². The van der Waals surface area contributed by atoms with Gasteiger partial charge in [-0.25, -0.2) is 18.7 Å². The number of hydrogen-bond donors (Lipinski definition) is 2. The van der Waals surface area contributed by atoms with E-state index in [9.17, 15) is 13.6 Å². The Bertz CT molecular complexity index is 650. The zero-order valence-corrected chi connectivity index (χ0v) is 11.3. The molecule has 5 nitrogen and oxygen atoms in total. The van der Waals surface area contributed by atoms with E-state index in [2.05, 4.69) is 15.4 Å². The standard InChI is InChI=1S/C13H16F2N4O/c1-3-16-7-8(2)19-12(17-13(20)18-19)10-5-4-9(14)6-11(10)15/h4-6,8,16H,3,7H2,1-2H3,(H,18,20). The molecule has 0 bridgehead atoms. The third-order valence-corrected chi connectivity index (χ3v) is 2.95. The Morgan fingerprint density at radius 2 is 2.20 bits per heavy atom. The lowest BCUT2D eigenvalue weighted by molar-refractivity contribution is 0.460. The molecule has 0 spiro atoms. The highest BCUT2D eigenvalue weighted by molar-refractivity contribution is 5.55. The van der Waals surface area contributed by atoms with Gasteiger partial charge in [0.1, 0.15) is 11.6 Å². The van der Waals surface area contributed by atoms with Crippen molar-refractivity contribution in [2.45, 2.75) is 19.9 Å². The van der Waals surface area contributed by atoms with Crippen LogP contribution in [0.25, 0.3) is 11.4 Å². The van der Waals surface area contributed by atoms with Gasteiger partial charge in [-0.2, -0.15) is 4.98 Å². The molecule has 7 heteroatoms. The Morgan fingerprint density at radius 3 is 2.85 bits per heavy atom. The van der Waals surface area contributed by atoms with Gasteiger partial charge in [-0.05, 0) is 25.6 Å². The highest BCUT2D eigenvalue weighted by Gasteiger charge is 2.17. The molecule has 0 saturated carbocycles. The summed E-state index contributed by atoms with van der Waals surface area (Å²) in [4.78, 5) is 15.2. The van der Waals surface area contributed by atoms with Crippen molar-refractivity contribution in [2.24, 2.45) is 0 Å². The first-order valence-corrected chi connectivity index (χ1v) is 6.37. The summed E-state index contributed by atoms with van der Waals surface area (Å²) in [6.45, 7) is 5.21. The van der Waals surface area contributed by atoms with Crippen molar-refractivity contribution >= 4 is 0 Å². The number of benzene rings is 1. The van der Waals surface area contributed by atoms with Crippen molar-refractivity contribution in [2.75, 3.05) is 13.1 Å². The molecule has 2 N–H and O–H groups in total. The summed E-state index contributed by atoms with van der Waals surface area (Å²) in [7, 11) is 0. The molecule has 0 radical (unpaired) electrons. The summed E-state index contributed by atoms with van der Waals surface area (Å²) in [5.74, 6) is -1.25. The summed E-state index contributed by atoms with van der Waals surface area (Å²) in [5, 5.41) is 5.68. The van der Waals surface area contributed by atoms with E-state index in [1.807, 2.05) is 13.8 Å². The highest BCUT2D eigenvalue weighted by atomic mass is 19.1. The third kappa shape index (κ3) is 2.93. The van der Waals surface area contributed by atoms with Gasteiger partial charge < -0.3 is 5.32 Å². The van der Waals surface area contributed by atoms with Gasteiger partial charge in [-0.1, -0.05) is 6.92 Å². The maximum absolute atomic E-state index is 13.8. The van der Waals surface area contributed by atoms with Crippen LogP contribution in [0.2, 0.25) is 0 Å². The number of nitrogens with one attached hydrogen (secondary N) is 2. The Labute approximate surface area is 114 Å². The van der Waals surface area contributed by atoms with Crippen LogP contribution in [-0.4, -0.2) is 27.9 Å². The maximum Gasteiger partial charge on any atom is 0.361 e. The van der Waals surface area contributed by atoms with Crippen LogP contribution < -0.4 is 11.0 Å². The molecule has 20 heavy (non-hydrogen) atoms. The first-order chi connectivity index (χ1) is 9.52. The molecule has 0 aliphatic carbocycles. The smallest absolute Gasteiger partial charge is 0.315 e. The molecule has 0 aliphatic rings. The first-order valence-electron chi connectivity index (χ1n) is 6.37. The lowest BCUT2D eigenvalue weighted by Crippen LogP contribution is -2.25. The predicted octanol–water partition coefficient (Wildman–Crippen LogP) is 1.69. The second-order valence-electron chi connectivity index (χ2n) is 4.50. The Hall–Kier alpha value is -2.02. The second-order valence-corrected chi connectivity index (χ2v) is 4.50. The van der Waals surface area contributed by atoms with Gasteiger partial charge >= 0.3 is 5.69 Å². The van der Waals surface area contributed by atoms with Crippen LogP contribution in [-0.2, 0) is 0 Å². The van der Waals surface area contributed by atoms with Crippen LogP contribution in [0.3, 0.4) is 0 Å². The van der Waals surface area contributed by atoms with E-state index in [4.69, 9.17) is 0 Å². The van der Waals surface area contributed by atoms with E-state index in [1.165, 1.54) is 10.7 Å². The van der Waals surface area contributed by atoms with E-state index in [0.29, 0.717) is 6.54 Å². The van der Waals surface area contributed by atoms with E-state index in [1.54, 1.807) is 0 Å². The van der Waals surface area contributed by atoms with E-state index < -0.39 is 17.3 Å². The van der Waals surface area contributed by atoms with Crippen molar-refractivity contribution in [3.8, 4) is 11.4 Å². The molecule has 0 fully saturated rings. The molecule has 2 aromatic rings. The van der Waals surface area contributed by atoms with Crippen molar-refractivity contribution < 1.29 is 8.78 Å². The fraction of sp³-hybridized carbons (Fsp3) is 0.385. The summed E-state index contributed by atoms with van der Waals surface area (Å²) in [6, 6.07) is 3.06. The number of aromatic nitrogens is 3. The van der Waals surface area contributed by atoms with Gasteiger partial charge in [0.2, 0.25) is 0 Å². The largest absolute Gasteiger partial charge is 0.361 e. The number of nitrogens with zero attached hydrogens (tertiary/aromatic N) is 2. The van der Waals surface area contributed by atoms with Crippen LogP contribution in [0.1, 0.15) is 19.9 Å². The lowest BCUT2D eigenvalue weighted by atomic mass is 10.2. The maximum atomic E-state index is 13.8. The van der Waals surface area contributed by atoms with Crippen molar-refractivity contribution in [3.05, 3.63) is 40.3 Å². The molecule has 108 valence electrons. The molecule has 0 amide bonds. The molecule has 1 heterocycles. The number of aromatic amines is 1. The number of hydrogen-bond acceptors (Lipinski definition) is 3. The van der Waals surface area contributed by atoms with Crippen LogP contribution >= 0.6 is 0 Å². The van der Waals surface area contributed by atoms with Crippen LogP contribution in [0.4, 0.5) is 8.78 Å². The van der Waals surface area contributed by atoms with Gasteiger partial charge in [0.05, 0.1) is 11.6 Å². The fourth-order valence-corrected chi connectivity index (χ4v) is 1.96. The summed E-state index contributed by atoms with van der Waals surface area (Å²) in [5.41, 5.74) is -0.472. The number of halogens is 2. The topological polar surface area (TPSA) is 62.7 Å². The van der Waals surface area contributed by atoms with Crippen LogP contribution in [0, 0.1) is 11.6 Å². The summed E-state index contributed by atoms with van der Waals surface area (Å²) >= 11 is 0. The average Bonchev–Trinajstić information content (AvgIpc) is 2.78. The normalized spacial score (nSPS) is 12.6. The molecule has 1 aromatic heterocycles. The monoisotopic (exact) mass is 282 g/mol. The minimum atomic E-state index is -0.749. The van der Waals surface area contributed by atoms with E-state index >= 15 is 0 Å². The molecule has 0 saturated heterocycles. The number of rotatable bonds is 5. The molecule has 0 aliphatic heterocycles. The molecule has 1 unspecified atom stereocenters. The highest BCUT2D eigenvalue weighted by Crippen LogP contribution is 2.22. The van der Waals surface area contributed by atoms with Crippen LogP contribution in [0.15, 0.2) is 23.0 Å². The molecule has 1 aromatic carbocycles. The molecule has 2 rings (SSSR count). The van der Waals surface area contributed by atoms with Crippen molar-refractivity contribution in [1.82, 2.24) is 20.1 Å². The Morgan fingerprint density at radius 1 is 1.45 bits per heavy atom. The zero-order chi connectivity index (χ0) is 14.7. The SMILES string of the molecule is CCNCC(C)n1[nH]c(=O)nc1-c1ccc(F)cc1F. The van der Waals surface area contributed by atoms with Gasteiger partial charge in [0, 0.05) is 12.6 Å². The number of likely N-dealkylation sites (N-methyl/N-ethyl adjacent to an activating group) is 1. The lowest BCUT2D eigenvalue weighted by Gasteiger charge is -2.16.